The van der Waals surface area contributed by atoms with Crippen molar-refractivity contribution < 1.29 is 19.0 Å². The van der Waals surface area contributed by atoms with Gasteiger partial charge in [0.05, 0.1) is 16.2 Å². The number of hydrogen-bond donors (Lipinski definition) is 3. The second-order valence-corrected chi connectivity index (χ2v) is 9.14. The molecule has 0 saturated heterocycles. The molecule has 3 N–H and O–H groups in total. The van der Waals surface area contributed by atoms with Gasteiger partial charge in [-0.15, -0.1) is 0 Å². The monoisotopic (exact) mass is 448 g/mol. The van der Waals surface area contributed by atoms with Crippen molar-refractivity contribution in [2.24, 2.45) is 7.05 Å². The van der Waals surface area contributed by atoms with Crippen LogP contribution in [-0.4, -0.2) is 44.1 Å². The fourth-order valence-corrected chi connectivity index (χ4v) is 4.71. The lowest BCUT2D eigenvalue weighted by molar-refractivity contribution is -0.161. The first-order chi connectivity index (χ1) is 14.6. The largest absolute Gasteiger partial charge is 0.458 e. The zero-order chi connectivity index (χ0) is 22.5. The number of benzene rings is 1. The molecule has 0 bridgehead atoms. The van der Waals surface area contributed by atoms with Crippen molar-refractivity contribution in [3.8, 4) is 11.3 Å². The topological polar surface area (TPSA) is 92.2 Å². The van der Waals surface area contributed by atoms with Crippen LogP contribution in [0.5, 0.6) is 0 Å². The number of aryl methyl sites for hydroxylation is 1. The van der Waals surface area contributed by atoms with Gasteiger partial charge >= 0.3 is 5.97 Å². The predicted molar refractivity (Wildman–Crippen MR) is 116 cm³/mol. The maximum absolute atomic E-state index is 15.0. The van der Waals surface area contributed by atoms with Gasteiger partial charge in [-0.1, -0.05) is 18.5 Å². The molecule has 0 fully saturated rings. The van der Waals surface area contributed by atoms with E-state index in [2.05, 4.69) is 22.3 Å². The molecule has 0 amide bonds. The van der Waals surface area contributed by atoms with E-state index in [1.807, 2.05) is 33.2 Å². The predicted octanol–water partition coefficient (Wildman–Crippen LogP) is 3.64. The standard InChI is InChI=1S/C22H26ClFN4O3/c1-11-16(8-22(2,3)31-17(30)10-29)25-9-13-18-12(15-5-6-28(4)27-15)7-14(23)19(24)21(18)26-20(11)13/h5-7,11,16,25-26,29H,8-10H2,1-4H3. The van der Waals surface area contributed by atoms with E-state index in [1.165, 1.54) is 0 Å². The van der Waals surface area contributed by atoms with E-state index in [-0.39, 0.29) is 17.0 Å². The van der Waals surface area contributed by atoms with Crippen LogP contribution in [-0.2, 0) is 23.1 Å². The minimum absolute atomic E-state index is 0.00184. The number of fused-ring (bicyclic) bond motifs is 3. The molecular formula is C22H26ClFN4O3. The van der Waals surface area contributed by atoms with Crippen molar-refractivity contribution >= 4 is 28.5 Å². The molecule has 3 heterocycles. The van der Waals surface area contributed by atoms with E-state index < -0.39 is 24.0 Å². The van der Waals surface area contributed by atoms with Gasteiger partial charge in [0.25, 0.3) is 0 Å². The van der Waals surface area contributed by atoms with Crippen molar-refractivity contribution in [2.45, 2.75) is 51.3 Å². The summed E-state index contributed by atoms with van der Waals surface area (Å²) in [7, 11) is 1.83. The van der Waals surface area contributed by atoms with Crippen LogP contribution in [0.2, 0.25) is 5.02 Å². The number of ether oxygens (including phenoxy) is 1. The summed E-state index contributed by atoms with van der Waals surface area (Å²) in [6, 6.07) is 3.49. The van der Waals surface area contributed by atoms with Gasteiger partial charge in [0, 0.05) is 54.8 Å². The van der Waals surface area contributed by atoms with Gasteiger partial charge in [-0.2, -0.15) is 5.10 Å². The molecule has 31 heavy (non-hydrogen) atoms. The summed E-state index contributed by atoms with van der Waals surface area (Å²) < 4.78 is 22.0. The minimum Gasteiger partial charge on any atom is -0.458 e. The van der Waals surface area contributed by atoms with Gasteiger partial charge in [0.1, 0.15) is 12.2 Å². The van der Waals surface area contributed by atoms with Gasteiger partial charge in [0.15, 0.2) is 5.82 Å². The average molecular weight is 449 g/mol. The first kappa shape index (κ1) is 21.8. The summed E-state index contributed by atoms with van der Waals surface area (Å²) in [4.78, 5) is 14.8. The number of esters is 1. The highest BCUT2D eigenvalue weighted by atomic mass is 35.5. The molecule has 2 atom stereocenters. The molecule has 0 aliphatic carbocycles. The van der Waals surface area contributed by atoms with E-state index in [4.69, 9.17) is 21.4 Å². The van der Waals surface area contributed by atoms with E-state index in [0.717, 1.165) is 27.9 Å². The first-order valence-electron chi connectivity index (χ1n) is 10.2. The van der Waals surface area contributed by atoms with Crippen molar-refractivity contribution in [3.05, 3.63) is 40.4 Å². The van der Waals surface area contributed by atoms with Crippen LogP contribution in [0.15, 0.2) is 18.3 Å². The molecule has 1 aromatic carbocycles. The van der Waals surface area contributed by atoms with Crippen molar-refractivity contribution in [1.82, 2.24) is 20.1 Å². The molecule has 9 heteroatoms. The van der Waals surface area contributed by atoms with Crippen LogP contribution < -0.4 is 5.32 Å². The SMILES string of the molecule is CC1c2[nH]c3c(F)c(Cl)cc(-c4ccn(C)n4)c3c2CNC1CC(C)(C)OC(=O)CO. The smallest absolute Gasteiger partial charge is 0.332 e. The summed E-state index contributed by atoms with van der Waals surface area (Å²) in [6.45, 7) is 5.55. The number of carbonyl (C=O) groups is 1. The first-order valence-corrected chi connectivity index (χ1v) is 10.6. The van der Waals surface area contributed by atoms with Crippen molar-refractivity contribution in [3.63, 3.8) is 0 Å². The molecule has 1 aliphatic rings. The van der Waals surface area contributed by atoms with E-state index in [0.29, 0.717) is 18.5 Å². The van der Waals surface area contributed by atoms with Crippen molar-refractivity contribution in [1.29, 1.82) is 0 Å². The quantitative estimate of drug-likeness (QED) is 0.518. The lowest BCUT2D eigenvalue weighted by atomic mass is 9.84. The number of H-pyrrole nitrogens is 1. The minimum atomic E-state index is -0.761. The average Bonchev–Trinajstić information content (AvgIpc) is 3.31. The third-order valence-corrected chi connectivity index (χ3v) is 6.20. The number of rotatable bonds is 5. The van der Waals surface area contributed by atoms with E-state index in [1.54, 1.807) is 10.7 Å². The van der Waals surface area contributed by atoms with Crippen LogP contribution in [0.1, 0.15) is 44.4 Å². The van der Waals surface area contributed by atoms with Crippen LogP contribution in [0, 0.1) is 5.82 Å². The van der Waals surface area contributed by atoms with Gasteiger partial charge in [0.2, 0.25) is 0 Å². The second kappa shape index (κ2) is 7.93. The maximum atomic E-state index is 15.0. The maximum Gasteiger partial charge on any atom is 0.332 e. The molecular weight excluding hydrogens is 423 g/mol. The van der Waals surface area contributed by atoms with Crippen LogP contribution >= 0.6 is 11.6 Å². The Morgan fingerprint density at radius 1 is 1.48 bits per heavy atom. The molecule has 7 nitrogen and oxygen atoms in total. The Bertz CT molecular complexity index is 1150. The Balaban J connectivity index is 1.75. The summed E-state index contributed by atoms with van der Waals surface area (Å²) in [5.74, 6) is -1.14. The zero-order valence-electron chi connectivity index (χ0n) is 17.9. The van der Waals surface area contributed by atoms with E-state index in [9.17, 15) is 9.18 Å². The number of aliphatic hydroxyl groups is 1. The summed E-state index contributed by atoms with van der Waals surface area (Å²) >= 11 is 6.21. The summed E-state index contributed by atoms with van der Waals surface area (Å²) in [5.41, 5.74) is 3.04. The third kappa shape index (κ3) is 3.95. The Morgan fingerprint density at radius 3 is 2.87 bits per heavy atom. The Kier molecular flexibility index (Phi) is 5.57. The highest BCUT2D eigenvalue weighted by molar-refractivity contribution is 6.32. The normalized spacial score (nSPS) is 18.9. The number of nitrogens with one attached hydrogen (secondary N) is 2. The van der Waals surface area contributed by atoms with Crippen molar-refractivity contribution in [2.75, 3.05) is 6.61 Å². The second-order valence-electron chi connectivity index (χ2n) is 8.73. The number of nitrogens with zero attached hydrogens (tertiary/aromatic N) is 2. The van der Waals surface area contributed by atoms with Crippen LogP contribution in [0.3, 0.4) is 0 Å². The Morgan fingerprint density at radius 2 is 2.23 bits per heavy atom. The number of aromatic amines is 1. The zero-order valence-corrected chi connectivity index (χ0v) is 18.7. The summed E-state index contributed by atoms with van der Waals surface area (Å²) in [6.07, 6.45) is 2.37. The summed E-state index contributed by atoms with van der Waals surface area (Å²) in [5, 5.41) is 17.8. The molecule has 0 spiro atoms. The third-order valence-electron chi connectivity index (χ3n) is 5.93. The lowest BCUT2D eigenvalue weighted by Gasteiger charge is -2.36. The molecule has 2 unspecified atom stereocenters. The molecule has 2 aromatic heterocycles. The number of aromatic nitrogens is 3. The van der Waals surface area contributed by atoms with Crippen LogP contribution in [0.4, 0.5) is 4.39 Å². The Labute approximate surface area is 184 Å². The highest BCUT2D eigenvalue weighted by Crippen LogP contribution is 2.42. The van der Waals surface area contributed by atoms with Gasteiger partial charge in [-0.25, -0.2) is 9.18 Å². The fourth-order valence-electron chi connectivity index (χ4n) is 4.51. The molecule has 1 aliphatic heterocycles. The number of halogens is 2. The van der Waals surface area contributed by atoms with Crippen LogP contribution in [0.25, 0.3) is 22.2 Å². The highest BCUT2D eigenvalue weighted by Gasteiger charge is 2.36. The van der Waals surface area contributed by atoms with Gasteiger partial charge in [-0.05, 0) is 31.5 Å². The molecule has 166 valence electrons. The fraction of sp³-hybridized carbons (Fsp3) is 0.455. The Hall–Kier alpha value is -2.42. The molecule has 0 radical (unpaired) electrons. The lowest BCUT2D eigenvalue weighted by Crippen LogP contribution is -2.44. The molecule has 3 aromatic rings. The molecule has 0 saturated carbocycles. The molecule has 4 rings (SSSR count). The van der Waals surface area contributed by atoms with Gasteiger partial charge in [-0.3, -0.25) is 4.68 Å². The number of hydrogen-bond acceptors (Lipinski definition) is 5. The van der Waals surface area contributed by atoms with Gasteiger partial charge < -0.3 is 20.1 Å². The number of carbonyl (C=O) groups excluding carboxylic acids is 1. The number of aliphatic hydroxyl groups excluding tert-OH is 1. The van der Waals surface area contributed by atoms with E-state index >= 15 is 0 Å².